The third-order valence-electron chi connectivity index (χ3n) is 9.16. The Balaban J connectivity index is 1.40. The summed E-state index contributed by atoms with van der Waals surface area (Å²) in [6.45, 7) is 12.9. The van der Waals surface area contributed by atoms with Crippen LogP contribution in [0.1, 0.15) is 71.6 Å². The van der Waals surface area contributed by atoms with Crippen LogP contribution in [0.25, 0.3) is 0 Å². The van der Waals surface area contributed by atoms with Gasteiger partial charge in [-0.05, 0) is 129 Å². The first-order chi connectivity index (χ1) is 22.6. The minimum absolute atomic E-state index is 0.128. The van der Waals surface area contributed by atoms with Crippen LogP contribution < -0.4 is 15.5 Å². The zero-order chi connectivity index (χ0) is 32.1. The number of aryl methyl sites for hydroxylation is 4. The molecule has 0 aromatic heterocycles. The smallest absolute Gasteiger partial charge is 0.0366 e. The standard InChI is InChI=1S/C43H51N3/c1-5-46(6-2)40-27-23-37(24-28-40)43(41-31-38(25-21-33(41)3)44-29-13-19-35-15-9-7-10-16-35)42-32-39(26-22-34(42)4)45-30-14-20-36-17-11-8-12-18-36/h7-12,15-18,21-28,31-32,43-45H,5-6,13-14,19-20,29-30H2,1-4H3. The normalized spacial score (nSPS) is 11.1. The highest BCUT2D eigenvalue weighted by Gasteiger charge is 2.22. The van der Waals surface area contributed by atoms with Crippen molar-refractivity contribution in [1.29, 1.82) is 0 Å². The maximum atomic E-state index is 3.73. The fraction of sp³-hybridized carbons (Fsp3) is 0.302. The first-order valence-electron chi connectivity index (χ1n) is 17.2. The predicted molar refractivity (Wildman–Crippen MR) is 200 cm³/mol. The molecule has 238 valence electrons. The van der Waals surface area contributed by atoms with Gasteiger partial charge in [0.15, 0.2) is 0 Å². The van der Waals surface area contributed by atoms with Gasteiger partial charge >= 0.3 is 0 Å². The molecule has 3 nitrogen and oxygen atoms in total. The minimum Gasteiger partial charge on any atom is -0.385 e. The van der Waals surface area contributed by atoms with Crippen molar-refractivity contribution >= 4 is 17.1 Å². The summed E-state index contributed by atoms with van der Waals surface area (Å²) < 4.78 is 0. The van der Waals surface area contributed by atoms with Gasteiger partial charge in [0, 0.05) is 49.2 Å². The molecule has 0 saturated heterocycles. The van der Waals surface area contributed by atoms with E-state index in [4.69, 9.17) is 0 Å². The Morgan fingerprint density at radius 3 is 1.43 bits per heavy atom. The van der Waals surface area contributed by atoms with Crippen LogP contribution in [0.4, 0.5) is 17.1 Å². The molecule has 0 atom stereocenters. The molecule has 46 heavy (non-hydrogen) atoms. The van der Waals surface area contributed by atoms with Crippen molar-refractivity contribution in [2.45, 2.75) is 59.3 Å². The van der Waals surface area contributed by atoms with Gasteiger partial charge in [-0.1, -0.05) is 84.9 Å². The summed E-state index contributed by atoms with van der Waals surface area (Å²) in [4.78, 5) is 2.41. The largest absolute Gasteiger partial charge is 0.385 e. The lowest BCUT2D eigenvalue weighted by Crippen LogP contribution is -2.21. The Kier molecular flexibility index (Phi) is 11.9. The molecule has 0 radical (unpaired) electrons. The monoisotopic (exact) mass is 609 g/mol. The SMILES string of the molecule is CCN(CC)c1ccc(C(c2cc(NCCCc3ccccc3)ccc2C)c2cc(NCCCc3ccccc3)ccc2C)cc1. The second-order valence-electron chi connectivity index (χ2n) is 12.4. The van der Waals surface area contributed by atoms with Gasteiger partial charge in [0.25, 0.3) is 0 Å². The third-order valence-corrected chi connectivity index (χ3v) is 9.16. The van der Waals surface area contributed by atoms with Gasteiger partial charge in [0.05, 0.1) is 0 Å². The molecule has 0 bridgehead atoms. The van der Waals surface area contributed by atoms with E-state index in [1.807, 2.05) is 0 Å². The molecule has 0 aliphatic carbocycles. The van der Waals surface area contributed by atoms with Gasteiger partial charge in [0.1, 0.15) is 0 Å². The molecule has 0 aliphatic rings. The van der Waals surface area contributed by atoms with Crippen molar-refractivity contribution in [2.24, 2.45) is 0 Å². The van der Waals surface area contributed by atoms with Crippen LogP contribution >= 0.6 is 0 Å². The average molecular weight is 610 g/mol. The highest BCUT2D eigenvalue weighted by Crippen LogP contribution is 2.38. The van der Waals surface area contributed by atoms with E-state index in [9.17, 15) is 0 Å². The minimum atomic E-state index is 0.128. The number of anilines is 3. The molecular formula is C43H51N3. The van der Waals surface area contributed by atoms with Crippen LogP contribution in [0.5, 0.6) is 0 Å². The predicted octanol–water partition coefficient (Wildman–Crippen LogP) is 10.4. The number of nitrogens with zero attached hydrogens (tertiary/aromatic N) is 1. The summed E-state index contributed by atoms with van der Waals surface area (Å²) in [6.07, 6.45) is 4.36. The lowest BCUT2D eigenvalue weighted by molar-refractivity contribution is 0.859. The van der Waals surface area contributed by atoms with Crippen LogP contribution in [0.2, 0.25) is 0 Å². The topological polar surface area (TPSA) is 27.3 Å². The average Bonchev–Trinajstić information content (AvgIpc) is 3.10. The molecule has 0 saturated carbocycles. The molecule has 0 amide bonds. The summed E-state index contributed by atoms with van der Waals surface area (Å²) in [7, 11) is 0. The molecule has 3 heteroatoms. The molecule has 0 unspecified atom stereocenters. The summed E-state index contributed by atoms with van der Waals surface area (Å²) >= 11 is 0. The lowest BCUT2D eigenvalue weighted by Gasteiger charge is -2.26. The zero-order valence-electron chi connectivity index (χ0n) is 28.2. The number of hydrogen-bond acceptors (Lipinski definition) is 3. The fourth-order valence-electron chi connectivity index (χ4n) is 6.46. The first-order valence-corrected chi connectivity index (χ1v) is 17.2. The molecule has 0 aliphatic heterocycles. The third kappa shape index (κ3) is 8.81. The summed E-state index contributed by atoms with van der Waals surface area (Å²) in [5.41, 5.74) is 13.1. The Morgan fingerprint density at radius 2 is 1.00 bits per heavy atom. The number of hydrogen-bond donors (Lipinski definition) is 2. The van der Waals surface area contributed by atoms with Crippen molar-refractivity contribution in [2.75, 3.05) is 41.7 Å². The van der Waals surface area contributed by atoms with E-state index >= 15 is 0 Å². The number of nitrogens with one attached hydrogen (secondary N) is 2. The summed E-state index contributed by atoms with van der Waals surface area (Å²) in [5.74, 6) is 0.128. The second kappa shape index (κ2) is 16.7. The molecule has 5 aromatic rings. The van der Waals surface area contributed by atoms with Crippen molar-refractivity contribution in [3.63, 3.8) is 0 Å². The van der Waals surface area contributed by atoms with Crippen molar-refractivity contribution < 1.29 is 0 Å². The molecule has 5 rings (SSSR count). The van der Waals surface area contributed by atoms with E-state index < -0.39 is 0 Å². The van der Waals surface area contributed by atoms with Crippen molar-refractivity contribution in [1.82, 2.24) is 0 Å². The molecule has 0 fully saturated rings. The van der Waals surface area contributed by atoms with Crippen molar-refractivity contribution in [3.05, 3.63) is 160 Å². The molecule has 0 heterocycles. The molecule has 5 aromatic carbocycles. The van der Waals surface area contributed by atoms with E-state index in [1.165, 1.54) is 56.0 Å². The maximum Gasteiger partial charge on any atom is 0.0366 e. The van der Waals surface area contributed by atoms with E-state index in [1.54, 1.807) is 0 Å². The quantitative estimate of drug-likeness (QED) is 0.0861. The van der Waals surface area contributed by atoms with Gasteiger partial charge in [-0.15, -0.1) is 0 Å². The number of benzene rings is 5. The Hall–Kier alpha value is -4.50. The first kappa shape index (κ1) is 32.9. The molecular weight excluding hydrogens is 558 g/mol. The van der Waals surface area contributed by atoms with Crippen LogP contribution in [0, 0.1) is 13.8 Å². The fourth-order valence-corrected chi connectivity index (χ4v) is 6.46. The molecule has 2 N–H and O–H groups in total. The Labute approximate surface area is 277 Å². The van der Waals surface area contributed by atoms with E-state index in [0.29, 0.717) is 0 Å². The Bertz CT molecular complexity index is 1530. The van der Waals surface area contributed by atoms with Crippen molar-refractivity contribution in [3.8, 4) is 0 Å². The van der Waals surface area contributed by atoms with Gasteiger partial charge < -0.3 is 15.5 Å². The van der Waals surface area contributed by atoms with E-state index in [-0.39, 0.29) is 5.92 Å². The highest BCUT2D eigenvalue weighted by molar-refractivity contribution is 5.60. The summed E-state index contributed by atoms with van der Waals surface area (Å²) in [6, 6.07) is 44.7. The number of rotatable bonds is 16. The van der Waals surface area contributed by atoms with Crippen LogP contribution in [-0.4, -0.2) is 26.2 Å². The van der Waals surface area contributed by atoms with Gasteiger partial charge in [-0.25, -0.2) is 0 Å². The van der Waals surface area contributed by atoms with Gasteiger partial charge in [-0.3, -0.25) is 0 Å². The van der Waals surface area contributed by atoms with E-state index in [2.05, 4.69) is 165 Å². The highest BCUT2D eigenvalue weighted by atomic mass is 15.1. The van der Waals surface area contributed by atoms with Crippen LogP contribution in [0.15, 0.2) is 121 Å². The van der Waals surface area contributed by atoms with Gasteiger partial charge in [0.2, 0.25) is 0 Å². The van der Waals surface area contributed by atoms with Gasteiger partial charge in [-0.2, -0.15) is 0 Å². The second-order valence-corrected chi connectivity index (χ2v) is 12.4. The van der Waals surface area contributed by atoms with Crippen LogP contribution in [-0.2, 0) is 12.8 Å². The Morgan fingerprint density at radius 1 is 0.543 bits per heavy atom. The maximum absolute atomic E-state index is 3.73. The van der Waals surface area contributed by atoms with Crippen LogP contribution in [0.3, 0.4) is 0 Å². The summed E-state index contributed by atoms with van der Waals surface area (Å²) in [5, 5.41) is 7.47. The molecule has 0 spiro atoms. The zero-order valence-corrected chi connectivity index (χ0v) is 28.2. The van der Waals surface area contributed by atoms with E-state index in [0.717, 1.165) is 51.9 Å². The lowest BCUT2D eigenvalue weighted by atomic mass is 9.81.